The molecule has 5 rings (SSSR count). The molecule has 0 bridgehead atoms. The number of hydrogen-bond acceptors (Lipinski definition) is 6. The number of hydrogen-bond donors (Lipinski definition) is 1. The molecule has 3 aromatic heterocycles. The Labute approximate surface area is 195 Å². The summed E-state index contributed by atoms with van der Waals surface area (Å²) in [6.45, 7) is 7.78. The Morgan fingerprint density at radius 2 is 1.88 bits per heavy atom. The minimum Gasteiger partial charge on any atom is -0.337 e. The first-order valence-corrected chi connectivity index (χ1v) is 10.9. The SMILES string of the molecule is Cc1ccc2c(c1)c1ncn(Cc3nc(C)no3)c(=O)c1n2CC(=O)Nc1ccc(C)c(C)c1. The number of benzene rings is 2. The molecule has 0 spiro atoms. The first-order valence-electron chi connectivity index (χ1n) is 10.9. The van der Waals surface area contributed by atoms with E-state index in [1.807, 2.05) is 57.2 Å². The summed E-state index contributed by atoms with van der Waals surface area (Å²) in [5.74, 6) is 0.571. The lowest BCUT2D eigenvalue weighted by atomic mass is 10.1. The van der Waals surface area contributed by atoms with Gasteiger partial charge in [0.25, 0.3) is 5.56 Å². The van der Waals surface area contributed by atoms with Crippen LogP contribution < -0.4 is 10.9 Å². The molecule has 1 N–H and O–H groups in total. The summed E-state index contributed by atoms with van der Waals surface area (Å²) in [5, 5.41) is 7.55. The molecule has 0 saturated carbocycles. The van der Waals surface area contributed by atoms with Gasteiger partial charge in [-0.15, -0.1) is 0 Å². The number of aryl methyl sites for hydroxylation is 4. The molecule has 9 heteroatoms. The van der Waals surface area contributed by atoms with Crippen LogP contribution in [0.3, 0.4) is 0 Å². The van der Waals surface area contributed by atoms with E-state index in [9.17, 15) is 9.59 Å². The zero-order chi connectivity index (χ0) is 24.0. The Hall–Kier alpha value is -4.27. The molecule has 0 fully saturated rings. The smallest absolute Gasteiger partial charge is 0.278 e. The van der Waals surface area contributed by atoms with Gasteiger partial charge in [0, 0.05) is 11.1 Å². The zero-order valence-corrected chi connectivity index (χ0v) is 19.4. The molecule has 0 saturated heterocycles. The summed E-state index contributed by atoms with van der Waals surface area (Å²) in [6.07, 6.45) is 1.48. The molecule has 1 amide bonds. The van der Waals surface area contributed by atoms with Crippen molar-refractivity contribution in [2.75, 3.05) is 5.32 Å². The van der Waals surface area contributed by atoms with Gasteiger partial charge < -0.3 is 14.4 Å². The van der Waals surface area contributed by atoms with Crippen molar-refractivity contribution in [3.63, 3.8) is 0 Å². The van der Waals surface area contributed by atoms with E-state index < -0.39 is 0 Å². The first-order chi connectivity index (χ1) is 16.3. The van der Waals surface area contributed by atoms with Crippen LogP contribution in [0.15, 0.2) is 52.0 Å². The van der Waals surface area contributed by atoms with Crippen LogP contribution in [0, 0.1) is 27.7 Å². The quantitative estimate of drug-likeness (QED) is 0.432. The van der Waals surface area contributed by atoms with Gasteiger partial charge in [0.1, 0.15) is 24.1 Å². The van der Waals surface area contributed by atoms with Gasteiger partial charge in [0.05, 0.1) is 11.8 Å². The van der Waals surface area contributed by atoms with E-state index in [4.69, 9.17) is 4.52 Å². The van der Waals surface area contributed by atoms with E-state index in [1.54, 1.807) is 11.5 Å². The van der Waals surface area contributed by atoms with Crippen LogP contribution in [0.25, 0.3) is 21.9 Å². The minimum absolute atomic E-state index is 0.0312. The van der Waals surface area contributed by atoms with Crippen molar-refractivity contribution in [1.82, 2.24) is 24.3 Å². The summed E-state index contributed by atoms with van der Waals surface area (Å²) in [7, 11) is 0. The van der Waals surface area contributed by atoms with Crippen molar-refractivity contribution >= 4 is 33.5 Å². The van der Waals surface area contributed by atoms with E-state index in [2.05, 4.69) is 20.4 Å². The summed E-state index contributed by atoms with van der Waals surface area (Å²) in [6, 6.07) is 11.6. The molecule has 3 heterocycles. The predicted molar refractivity (Wildman–Crippen MR) is 129 cm³/mol. The van der Waals surface area contributed by atoms with Gasteiger partial charge in [-0.1, -0.05) is 22.9 Å². The molecule has 0 unspecified atom stereocenters. The van der Waals surface area contributed by atoms with Crippen molar-refractivity contribution in [3.05, 3.63) is 81.5 Å². The first kappa shape index (κ1) is 21.6. The van der Waals surface area contributed by atoms with Crippen LogP contribution in [0.4, 0.5) is 5.69 Å². The number of carbonyl (C=O) groups excluding carboxylic acids is 1. The lowest BCUT2D eigenvalue weighted by molar-refractivity contribution is -0.116. The standard InChI is InChI=1S/C25H24N6O3/c1-14-5-8-20-19(9-14)23-24(25(33)30(13-26-23)12-22-27-17(4)29-34-22)31(20)11-21(32)28-18-7-6-15(2)16(3)10-18/h5-10,13H,11-12H2,1-4H3,(H,28,32). The van der Waals surface area contributed by atoms with E-state index >= 15 is 0 Å². The van der Waals surface area contributed by atoms with Gasteiger partial charge in [-0.25, -0.2) is 4.98 Å². The molecule has 2 aromatic carbocycles. The Kier molecular flexibility index (Phi) is 5.24. The fraction of sp³-hybridized carbons (Fsp3) is 0.240. The van der Waals surface area contributed by atoms with Crippen molar-refractivity contribution in [2.24, 2.45) is 0 Å². The molecule has 0 aliphatic carbocycles. The number of fused-ring (bicyclic) bond motifs is 3. The van der Waals surface area contributed by atoms with Crippen molar-refractivity contribution in [1.29, 1.82) is 0 Å². The third-order valence-electron chi connectivity index (χ3n) is 5.95. The Bertz CT molecular complexity index is 1630. The van der Waals surface area contributed by atoms with E-state index in [0.29, 0.717) is 28.4 Å². The van der Waals surface area contributed by atoms with Crippen LogP contribution in [0.2, 0.25) is 0 Å². The highest BCUT2D eigenvalue weighted by molar-refractivity contribution is 6.06. The average Bonchev–Trinajstić information content (AvgIpc) is 3.33. The molecule has 0 radical (unpaired) electrons. The molecule has 0 aliphatic heterocycles. The highest BCUT2D eigenvalue weighted by Crippen LogP contribution is 2.26. The predicted octanol–water partition coefficient (Wildman–Crippen LogP) is 3.65. The van der Waals surface area contributed by atoms with Gasteiger partial charge in [-0.3, -0.25) is 14.2 Å². The Morgan fingerprint density at radius 3 is 2.62 bits per heavy atom. The molecule has 9 nitrogen and oxygen atoms in total. The Balaban J connectivity index is 1.59. The van der Waals surface area contributed by atoms with Crippen molar-refractivity contribution in [2.45, 2.75) is 40.8 Å². The van der Waals surface area contributed by atoms with Gasteiger partial charge in [0.2, 0.25) is 11.8 Å². The lowest BCUT2D eigenvalue weighted by Crippen LogP contribution is -2.25. The van der Waals surface area contributed by atoms with E-state index in [1.165, 1.54) is 10.9 Å². The summed E-state index contributed by atoms with van der Waals surface area (Å²) < 4.78 is 8.31. The van der Waals surface area contributed by atoms with Crippen LogP contribution in [-0.4, -0.2) is 30.2 Å². The second-order valence-electron chi connectivity index (χ2n) is 8.56. The lowest BCUT2D eigenvalue weighted by Gasteiger charge is -2.10. The number of carbonyl (C=O) groups is 1. The fourth-order valence-electron chi connectivity index (χ4n) is 4.10. The molecule has 0 atom stereocenters. The summed E-state index contributed by atoms with van der Waals surface area (Å²) in [4.78, 5) is 35.3. The number of rotatable bonds is 5. The minimum atomic E-state index is -0.284. The molecule has 0 aliphatic rings. The largest absolute Gasteiger partial charge is 0.337 e. The number of aromatic nitrogens is 5. The fourth-order valence-corrected chi connectivity index (χ4v) is 4.10. The number of nitrogens with zero attached hydrogens (tertiary/aromatic N) is 5. The molecular weight excluding hydrogens is 432 g/mol. The maximum absolute atomic E-state index is 13.5. The second kappa shape index (κ2) is 8.26. The molecule has 5 aromatic rings. The highest BCUT2D eigenvalue weighted by atomic mass is 16.5. The molecular formula is C25H24N6O3. The second-order valence-corrected chi connectivity index (χ2v) is 8.56. The highest BCUT2D eigenvalue weighted by Gasteiger charge is 2.19. The zero-order valence-electron chi connectivity index (χ0n) is 19.4. The van der Waals surface area contributed by atoms with Crippen LogP contribution >= 0.6 is 0 Å². The maximum atomic E-state index is 13.5. The average molecular weight is 457 g/mol. The normalized spacial score (nSPS) is 11.4. The van der Waals surface area contributed by atoms with E-state index in [0.717, 1.165) is 27.6 Å². The van der Waals surface area contributed by atoms with Gasteiger partial charge >= 0.3 is 0 Å². The third kappa shape index (κ3) is 3.85. The van der Waals surface area contributed by atoms with Crippen LogP contribution in [0.1, 0.15) is 28.4 Å². The van der Waals surface area contributed by atoms with Crippen molar-refractivity contribution in [3.8, 4) is 0 Å². The molecule has 34 heavy (non-hydrogen) atoms. The van der Waals surface area contributed by atoms with Crippen LogP contribution in [0.5, 0.6) is 0 Å². The van der Waals surface area contributed by atoms with E-state index in [-0.39, 0.29) is 24.6 Å². The van der Waals surface area contributed by atoms with Gasteiger partial charge in [-0.05, 0) is 63.1 Å². The van der Waals surface area contributed by atoms with Gasteiger partial charge in [-0.2, -0.15) is 4.98 Å². The monoisotopic (exact) mass is 456 g/mol. The summed E-state index contributed by atoms with van der Waals surface area (Å²) >= 11 is 0. The molecule has 172 valence electrons. The van der Waals surface area contributed by atoms with Crippen molar-refractivity contribution < 1.29 is 9.32 Å². The maximum Gasteiger partial charge on any atom is 0.278 e. The number of nitrogens with one attached hydrogen (secondary N) is 1. The number of amides is 1. The summed E-state index contributed by atoms with van der Waals surface area (Å²) in [5.41, 5.74) is 5.40. The topological polar surface area (TPSA) is 108 Å². The third-order valence-corrected chi connectivity index (χ3v) is 5.95. The van der Waals surface area contributed by atoms with Gasteiger partial charge in [0.15, 0.2) is 5.82 Å². The van der Waals surface area contributed by atoms with Crippen LogP contribution in [-0.2, 0) is 17.9 Å². The Morgan fingerprint density at radius 1 is 1.06 bits per heavy atom. The number of anilines is 1.